The topological polar surface area (TPSA) is 52.5 Å². The average molecular weight is 366 g/mol. The number of nitrogens with zero attached hydrogens (tertiary/aromatic N) is 1. The number of hydrogen-bond donors (Lipinski definition) is 1. The third kappa shape index (κ3) is 3.92. The molecule has 5 heteroatoms. The average Bonchev–Trinajstić information content (AvgIpc) is 3.01. The number of carbonyl (C=O) groups is 1. The summed E-state index contributed by atoms with van der Waals surface area (Å²) in [5.74, 6) is 1.32. The van der Waals surface area contributed by atoms with E-state index in [1.54, 1.807) is 0 Å². The van der Waals surface area contributed by atoms with E-state index in [4.69, 9.17) is 9.47 Å². The van der Waals surface area contributed by atoms with Crippen molar-refractivity contribution in [3.8, 4) is 11.5 Å². The number of amides is 1. The molecule has 0 aliphatic carbocycles. The normalized spacial score (nSPS) is 12.0. The van der Waals surface area contributed by atoms with Gasteiger partial charge in [0, 0.05) is 24.1 Å². The van der Waals surface area contributed by atoms with Gasteiger partial charge in [0.25, 0.3) is 5.91 Å². The molecule has 0 radical (unpaired) electrons. The summed E-state index contributed by atoms with van der Waals surface area (Å²) >= 11 is 0. The van der Waals surface area contributed by atoms with Crippen LogP contribution in [0.5, 0.6) is 11.5 Å². The lowest BCUT2D eigenvalue weighted by Gasteiger charge is -2.17. The van der Waals surface area contributed by atoms with Crippen LogP contribution in [0.25, 0.3) is 10.9 Å². The van der Waals surface area contributed by atoms with Crippen LogP contribution in [0.4, 0.5) is 0 Å². The summed E-state index contributed by atoms with van der Waals surface area (Å²) in [4.78, 5) is 12.9. The number of benzene rings is 2. The van der Waals surface area contributed by atoms with Crippen molar-refractivity contribution in [3.05, 3.63) is 59.8 Å². The monoisotopic (exact) mass is 366 g/mol. The first kappa shape index (κ1) is 18.8. The van der Waals surface area contributed by atoms with Crippen molar-refractivity contribution >= 4 is 16.8 Å². The Kier molecular flexibility index (Phi) is 5.69. The molecule has 1 heterocycles. The van der Waals surface area contributed by atoms with Gasteiger partial charge in [0.15, 0.2) is 11.5 Å². The van der Waals surface area contributed by atoms with Crippen LogP contribution >= 0.6 is 0 Å². The van der Waals surface area contributed by atoms with E-state index in [-0.39, 0.29) is 11.9 Å². The highest BCUT2D eigenvalue weighted by molar-refractivity contribution is 6.07. The molecule has 0 saturated carbocycles. The summed E-state index contributed by atoms with van der Waals surface area (Å²) in [6.45, 7) is 6.98. The predicted octanol–water partition coefficient (Wildman–Crippen LogP) is 4.47. The fraction of sp³-hybridized carbons (Fsp3) is 0.318. The molecule has 0 aliphatic rings. The summed E-state index contributed by atoms with van der Waals surface area (Å²) in [5, 5.41) is 4.04. The fourth-order valence-electron chi connectivity index (χ4n) is 3.22. The highest BCUT2D eigenvalue weighted by Crippen LogP contribution is 2.31. The summed E-state index contributed by atoms with van der Waals surface area (Å²) in [6.07, 6.45) is 1.87. The van der Waals surface area contributed by atoms with Gasteiger partial charge in [-0.1, -0.05) is 24.3 Å². The smallest absolute Gasteiger partial charge is 0.253 e. The van der Waals surface area contributed by atoms with Gasteiger partial charge in [-0.05, 0) is 44.5 Å². The van der Waals surface area contributed by atoms with E-state index in [0.29, 0.717) is 24.5 Å². The Hall–Kier alpha value is -2.95. The summed E-state index contributed by atoms with van der Waals surface area (Å²) in [5.41, 5.74) is 2.68. The van der Waals surface area contributed by atoms with E-state index >= 15 is 0 Å². The lowest BCUT2D eigenvalue weighted by molar-refractivity contribution is 0.0941. The molecule has 0 bridgehead atoms. The molecule has 142 valence electrons. The number of rotatable bonds is 7. The zero-order chi connectivity index (χ0) is 19.4. The second-order valence-corrected chi connectivity index (χ2v) is 6.44. The molecule has 3 aromatic rings. The fourth-order valence-corrected chi connectivity index (χ4v) is 3.22. The van der Waals surface area contributed by atoms with Crippen LogP contribution in [0.1, 0.15) is 42.7 Å². The van der Waals surface area contributed by atoms with Crippen molar-refractivity contribution in [1.29, 1.82) is 0 Å². The van der Waals surface area contributed by atoms with Crippen molar-refractivity contribution < 1.29 is 14.3 Å². The van der Waals surface area contributed by atoms with E-state index in [1.807, 2.05) is 81.0 Å². The molecule has 2 aromatic carbocycles. The van der Waals surface area contributed by atoms with Crippen LogP contribution < -0.4 is 14.8 Å². The highest BCUT2D eigenvalue weighted by atomic mass is 16.5. The van der Waals surface area contributed by atoms with Crippen LogP contribution in [0.15, 0.2) is 48.7 Å². The van der Waals surface area contributed by atoms with Gasteiger partial charge in [0.2, 0.25) is 0 Å². The van der Waals surface area contributed by atoms with Gasteiger partial charge in [-0.2, -0.15) is 0 Å². The molecular formula is C22H26N2O3. The number of fused-ring (bicyclic) bond motifs is 1. The second kappa shape index (κ2) is 8.16. The lowest BCUT2D eigenvalue weighted by Crippen LogP contribution is -2.26. The van der Waals surface area contributed by atoms with Crippen LogP contribution in [0, 0.1) is 0 Å². The quantitative estimate of drug-likeness (QED) is 0.671. The van der Waals surface area contributed by atoms with Crippen molar-refractivity contribution in [2.24, 2.45) is 7.05 Å². The van der Waals surface area contributed by atoms with Gasteiger partial charge in [0.1, 0.15) is 0 Å². The standard InChI is InChI=1S/C22H26N2O3/c1-5-26-20-12-11-16(13-21(20)27-6-2)15(3)23-22(25)18-14-24(4)19-10-8-7-9-17(18)19/h7-15H,5-6H2,1-4H3,(H,23,25)/t15-/m0/s1. The maximum atomic E-state index is 12.9. The molecule has 1 atom stereocenters. The Morgan fingerprint density at radius 3 is 2.52 bits per heavy atom. The van der Waals surface area contributed by atoms with Crippen LogP contribution in [0.2, 0.25) is 0 Å². The Morgan fingerprint density at radius 1 is 1.07 bits per heavy atom. The molecule has 1 N–H and O–H groups in total. The third-order valence-corrected chi connectivity index (χ3v) is 4.56. The first-order chi connectivity index (χ1) is 13.0. The minimum absolute atomic E-state index is 0.0915. The van der Waals surface area contributed by atoms with Crippen LogP contribution in [-0.4, -0.2) is 23.7 Å². The summed E-state index contributed by atoms with van der Waals surface area (Å²) in [7, 11) is 1.95. The molecule has 3 rings (SSSR count). The largest absolute Gasteiger partial charge is 0.490 e. The summed E-state index contributed by atoms with van der Waals surface area (Å²) in [6, 6.07) is 13.5. The maximum Gasteiger partial charge on any atom is 0.253 e. The maximum absolute atomic E-state index is 12.9. The lowest BCUT2D eigenvalue weighted by atomic mass is 10.1. The van der Waals surface area contributed by atoms with Gasteiger partial charge in [-0.15, -0.1) is 0 Å². The van der Waals surface area contributed by atoms with Gasteiger partial charge in [0.05, 0.1) is 24.8 Å². The number of ether oxygens (including phenoxy) is 2. The first-order valence-electron chi connectivity index (χ1n) is 9.29. The summed E-state index contributed by atoms with van der Waals surface area (Å²) < 4.78 is 13.3. The Morgan fingerprint density at radius 2 is 1.78 bits per heavy atom. The first-order valence-corrected chi connectivity index (χ1v) is 9.29. The van der Waals surface area contributed by atoms with E-state index < -0.39 is 0 Å². The van der Waals surface area contributed by atoms with Crippen LogP contribution in [-0.2, 0) is 7.05 Å². The van der Waals surface area contributed by atoms with E-state index in [9.17, 15) is 4.79 Å². The van der Waals surface area contributed by atoms with Gasteiger partial charge >= 0.3 is 0 Å². The minimum atomic E-state index is -0.161. The van der Waals surface area contributed by atoms with Crippen LogP contribution in [0.3, 0.4) is 0 Å². The Balaban J connectivity index is 1.82. The van der Waals surface area contributed by atoms with Crippen molar-refractivity contribution in [1.82, 2.24) is 9.88 Å². The number of para-hydroxylation sites is 1. The van der Waals surface area contributed by atoms with Gasteiger partial charge in [-0.3, -0.25) is 4.79 Å². The number of hydrogen-bond acceptors (Lipinski definition) is 3. The minimum Gasteiger partial charge on any atom is -0.490 e. The highest BCUT2D eigenvalue weighted by Gasteiger charge is 2.17. The van der Waals surface area contributed by atoms with E-state index in [0.717, 1.165) is 22.2 Å². The van der Waals surface area contributed by atoms with E-state index in [2.05, 4.69) is 5.32 Å². The Bertz CT molecular complexity index is 946. The SMILES string of the molecule is CCOc1ccc([C@H](C)NC(=O)c2cn(C)c3ccccc23)cc1OCC. The third-order valence-electron chi connectivity index (χ3n) is 4.56. The number of carbonyl (C=O) groups excluding carboxylic acids is 1. The molecule has 0 saturated heterocycles. The van der Waals surface area contributed by atoms with Crippen molar-refractivity contribution in [2.45, 2.75) is 26.8 Å². The Labute approximate surface area is 159 Å². The van der Waals surface area contributed by atoms with E-state index in [1.165, 1.54) is 0 Å². The molecular weight excluding hydrogens is 340 g/mol. The second-order valence-electron chi connectivity index (χ2n) is 6.44. The van der Waals surface area contributed by atoms with Crippen molar-refractivity contribution in [2.75, 3.05) is 13.2 Å². The molecule has 0 unspecified atom stereocenters. The molecule has 1 amide bonds. The number of aryl methyl sites for hydroxylation is 1. The zero-order valence-electron chi connectivity index (χ0n) is 16.3. The van der Waals surface area contributed by atoms with Crippen molar-refractivity contribution in [3.63, 3.8) is 0 Å². The molecule has 27 heavy (non-hydrogen) atoms. The zero-order valence-corrected chi connectivity index (χ0v) is 16.3. The number of nitrogens with one attached hydrogen (secondary N) is 1. The molecule has 1 aromatic heterocycles. The van der Waals surface area contributed by atoms with Gasteiger partial charge in [-0.25, -0.2) is 0 Å². The molecule has 0 spiro atoms. The predicted molar refractivity (Wildman–Crippen MR) is 108 cm³/mol. The van der Waals surface area contributed by atoms with Gasteiger partial charge < -0.3 is 19.4 Å². The molecule has 0 fully saturated rings. The molecule has 5 nitrogen and oxygen atoms in total. The molecule has 0 aliphatic heterocycles. The number of aromatic nitrogens is 1.